The van der Waals surface area contributed by atoms with Crippen molar-refractivity contribution in [1.29, 1.82) is 0 Å². The molecular formula is C18H26BrFN2O3Si. The predicted molar refractivity (Wildman–Crippen MR) is 107 cm³/mol. The molecule has 0 bridgehead atoms. The Hall–Kier alpha value is -0.963. The van der Waals surface area contributed by atoms with Gasteiger partial charge in [-0.05, 0) is 37.9 Å². The van der Waals surface area contributed by atoms with Crippen LogP contribution in [0.5, 0.6) is 0 Å². The number of benzene rings is 1. The molecule has 1 aromatic carbocycles. The van der Waals surface area contributed by atoms with Crippen LogP contribution in [0.1, 0.15) is 25.8 Å². The highest BCUT2D eigenvalue weighted by Crippen LogP contribution is 2.42. The quantitative estimate of drug-likeness (QED) is 0.538. The summed E-state index contributed by atoms with van der Waals surface area (Å²) >= 11 is 3.31. The van der Waals surface area contributed by atoms with Crippen LogP contribution in [0, 0.1) is 5.82 Å². The Balaban J connectivity index is 1.95. The second-order valence-corrected chi connectivity index (χ2v) is 15.3. The van der Waals surface area contributed by atoms with Crippen LogP contribution in [0.2, 0.25) is 25.7 Å². The lowest BCUT2D eigenvalue weighted by Crippen LogP contribution is -2.45. The Labute approximate surface area is 161 Å². The predicted octanol–water partition coefficient (Wildman–Crippen LogP) is 4.10. The Kier molecular flexibility index (Phi) is 5.24. The van der Waals surface area contributed by atoms with Crippen LogP contribution >= 0.6 is 15.9 Å². The monoisotopic (exact) mass is 444 g/mol. The minimum atomic E-state index is -1.22. The number of imidazole rings is 1. The van der Waals surface area contributed by atoms with Crippen LogP contribution in [0.15, 0.2) is 21.4 Å². The van der Waals surface area contributed by atoms with Crippen molar-refractivity contribution in [2.24, 2.45) is 0 Å². The van der Waals surface area contributed by atoms with Crippen LogP contribution in [0.4, 0.5) is 4.39 Å². The molecule has 1 aromatic heterocycles. The third-order valence-electron chi connectivity index (χ3n) is 4.91. The molecular weight excluding hydrogens is 419 g/mol. The minimum absolute atomic E-state index is 0.103. The molecule has 0 aliphatic heterocycles. The van der Waals surface area contributed by atoms with Crippen LogP contribution in [0.3, 0.4) is 0 Å². The van der Waals surface area contributed by atoms with Gasteiger partial charge in [-0.2, -0.15) is 0 Å². The summed E-state index contributed by atoms with van der Waals surface area (Å²) in [5, 5.41) is 10.0. The number of aromatic nitrogens is 2. The molecule has 8 heteroatoms. The molecule has 1 aliphatic carbocycles. The molecule has 1 saturated carbocycles. The zero-order chi connectivity index (χ0) is 19.3. The van der Waals surface area contributed by atoms with Crippen molar-refractivity contribution < 1.29 is 14.2 Å². The lowest BCUT2D eigenvalue weighted by Gasteiger charge is -2.41. The number of aliphatic hydroxyl groups is 1. The van der Waals surface area contributed by atoms with Gasteiger partial charge in [-0.15, -0.1) is 0 Å². The van der Waals surface area contributed by atoms with E-state index in [2.05, 4.69) is 35.6 Å². The summed E-state index contributed by atoms with van der Waals surface area (Å²) in [7, 11) is -1.22. The molecule has 144 valence electrons. The molecule has 2 aromatic rings. The van der Waals surface area contributed by atoms with Crippen molar-refractivity contribution in [2.75, 3.05) is 6.61 Å². The molecule has 1 aliphatic rings. The van der Waals surface area contributed by atoms with E-state index in [9.17, 15) is 14.3 Å². The summed E-state index contributed by atoms with van der Waals surface area (Å²) in [6.45, 7) is 9.23. The number of hydrogen-bond donors (Lipinski definition) is 1. The lowest BCUT2D eigenvalue weighted by atomic mass is 9.77. The van der Waals surface area contributed by atoms with E-state index in [0.717, 1.165) is 6.04 Å². The van der Waals surface area contributed by atoms with E-state index in [1.54, 1.807) is 13.0 Å². The first kappa shape index (κ1) is 19.8. The molecule has 0 spiro atoms. The average Bonchev–Trinajstić information content (AvgIpc) is 2.72. The fourth-order valence-corrected chi connectivity index (χ4v) is 4.64. The van der Waals surface area contributed by atoms with Crippen molar-refractivity contribution in [3.05, 3.63) is 32.9 Å². The van der Waals surface area contributed by atoms with E-state index in [1.807, 2.05) is 0 Å². The summed E-state index contributed by atoms with van der Waals surface area (Å²) in [5.74, 6) is -0.445. The van der Waals surface area contributed by atoms with E-state index >= 15 is 0 Å². The van der Waals surface area contributed by atoms with Gasteiger partial charge in [-0.3, -0.25) is 9.13 Å². The molecule has 0 amide bonds. The van der Waals surface area contributed by atoms with Gasteiger partial charge in [0.25, 0.3) is 0 Å². The SMILES string of the molecule is CC1(O)CC(n2c(=O)n(COCC[Si](C)(C)C)c3cc(Br)cc(F)c32)C1. The molecule has 0 unspecified atom stereocenters. The van der Waals surface area contributed by atoms with Crippen molar-refractivity contribution >= 4 is 35.0 Å². The Morgan fingerprint density at radius 3 is 2.62 bits per heavy atom. The number of hydrogen-bond acceptors (Lipinski definition) is 3. The molecule has 1 heterocycles. The Morgan fingerprint density at radius 1 is 1.38 bits per heavy atom. The summed E-state index contributed by atoms with van der Waals surface area (Å²) < 4.78 is 24.0. The molecule has 0 saturated heterocycles. The maximum Gasteiger partial charge on any atom is 0.331 e. The van der Waals surface area contributed by atoms with Crippen molar-refractivity contribution in [3.8, 4) is 0 Å². The van der Waals surface area contributed by atoms with Crippen LogP contribution in [-0.4, -0.2) is 34.5 Å². The van der Waals surface area contributed by atoms with Gasteiger partial charge in [0.2, 0.25) is 0 Å². The molecule has 1 fully saturated rings. The molecule has 1 N–H and O–H groups in total. The molecule has 0 atom stereocenters. The summed E-state index contributed by atoms with van der Waals surface area (Å²) in [6, 6.07) is 3.92. The fourth-order valence-electron chi connectivity index (χ4n) is 3.46. The number of fused-ring (bicyclic) bond motifs is 1. The van der Waals surface area contributed by atoms with E-state index in [4.69, 9.17) is 4.74 Å². The average molecular weight is 445 g/mol. The number of rotatable bonds is 6. The van der Waals surface area contributed by atoms with Crippen molar-refractivity contribution in [1.82, 2.24) is 9.13 Å². The zero-order valence-corrected chi connectivity index (χ0v) is 18.3. The van der Waals surface area contributed by atoms with Gasteiger partial charge in [0.15, 0.2) is 0 Å². The second-order valence-electron chi connectivity index (χ2n) is 8.74. The molecule has 5 nitrogen and oxygen atoms in total. The normalized spacial score (nSPS) is 23.4. The lowest BCUT2D eigenvalue weighted by molar-refractivity contribution is -0.0511. The van der Waals surface area contributed by atoms with Crippen molar-refractivity contribution in [2.45, 2.75) is 63.8 Å². The standard InChI is InChI=1S/C18H26BrFN2O3Si/c1-18(24)9-13(10-18)22-16-14(20)7-12(19)8-15(16)21(17(22)23)11-25-5-6-26(2,3)4/h7-8,13,24H,5-6,9-11H2,1-4H3. The Bertz CT molecular complexity index is 877. The first-order chi connectivity index (χ1) is 12.0. The first-order valence-corrected chi connectivity index (χ1v) is 13.4. The Morgan fingerprint density at radius 2 is 2.04 bits per heavy atom. The van der Waals surface area contributed by atoms with Gasteiger partial charge in [-0.1, -0.05) is 35.6 Å². The highest BCUT2D eigenvalue weighted by Gasteiger charge is 2.41. The van der Waals surface area contributed by atoms with Crippen LogP contribution < -0.4 is 5.69 Å². The highest BCUT2D eigenvalue weighted by molar-refractivity contribution is 9.10. The summed E-state index contributed by atoms with van der Waals surface area (Å²) in [4.78, 5) is 13.0. The van der Waals surface area contributed by atoms with E-state index in [1.165, 1.54) is 15.2 Å². The zero-order valence-electron chi connectivity index (χ0n) is 15.7. The largest absolute Gasteiger partial charge is 0.390 e. The number of ether oxygens (including phenoxy) is 1. The van der Waals surface area contributed by atoms with Crippen molar-refractivity contribution in [3.63, 3.8) is 0 Å². The van der Waals surface area contributed by atoms with Gasteiger partial charge in [-0.25, -0.2) is 9.18 Å². The second kappa shape index (κ2) is 6.89. The van der Waals surface area contributed by atoms with E-state index < -0.39 is 19.5 Å². The van der Waals surface area contributed by atoms with Gasteiger partial charge < -0.3 is 9.84 Å². The fraction of sp³-hybridized carbons (Fsp3) is 0.611. The molecule has 26 heavy (non-hydrogen) atoms. The minimum Gasteiger partial charge on any atom is -0.390 e. The van der Waals surface area contributed by atoms with E-state index in [-0.39, 0.29) is 24.0 Å². The third-order valence-corrected chi connectivity index (χ3v) is 7.07. The number of halogens is 2. The highest BCUT2D eigenvalue weighted by atomic mass is 79.9. The van der Waals surface area contributed by atoms with E-state index in [0.29, 0.717) is 29.4 Å². The van der Waals surface area contributed by atoms with Crippen LogP contribution in [-0.2, 0) is 11.5 Å². The van der Waals surface area contributed by atoms with Gasteiger partial charge in [0.05, 0.1) is 11.1 Å². The maximum absolute atomic E-state index is 14.7. The maximum atomic E-state index is 14.7. The van der Waals surface area contributed by atoms with Crippen LogP contribution in [0.25, 0.3) is 11.0 Å². The smallest absolute Gasteiger partial charge is 0.331 e. The summed E-state index contributed by atoms with van der Waals surface area (Å²) in [5.41, 5.74) is -0.280. The third kappa shape index (κ3) is 3.98. The van der Waals surface area contributed by atoms with Gasteiger partial charge >= 0.3 is 5.69 Å². The summed E-state index contributed by atoms with van der Waals surface area (Å²) in [6.07, 6.45) is 0.885. The van der Waals surface area contributed by atoms with Gasteiger partial charge in [0, 0.05) is 25.2 Å². The topological polar surface area (TPSA) is 56.4 Å². The molecule has 0 radical (unpaired) electrons. The number of nitrogens with zero attached hydrogens (tertiary/aromatic N) is 2. The van der Waals surface area contributed by atoms with Gasteiger partial charge in [0.1, 0.15) is 18.1 Å². The molecule has 3 rings (SSSR count). The first-order valence-electron chi connectivity index (χ1n) is 8.88.